The number of benzene rings is 1. The van der Waals surface area contributed by atoms with Gasteiger partial charge in [-0.3, -0.25) is 4.79 Å². The highest BCUT2D eigenvalue weighted by molar-refractivity contribution is 6.33. The highest BCUT2D eigenvalue weighted by Crippen LogP contribution is 2.39. The van der Waals surface area contributed by atoms with Gasteiger partial charge in [0.2, 0.25) is 5.91 Å². The van der Waals surface area contributed by atoms with Gasteiger partial charge in [-0.25, -0.2) is 4.79 Å². The molecule has 0 saturated carbocycles. The first kappa shape index (κ1) is 20.6. The van der Waals surface area contributed by atoms with Crippen LogP contribution in [0.4, 0.5) is 4.79 Å². The van der Waals surface area contributed by atoms with E-state index in [1.807, 2.05) is 24.0 Å². The fourth-order valence-corrected chi connectivity index (χ4v) is 4.18. The summed E-state index contributed by atoms with van der Waals surface area (Å²) in [4.78, 5) is 25.9. The van der Waals surface area contributed by atoms with Gasteiger partial charge in [-0.15, -0.1) is 0 Å². The molecular formula is C20H28ClN3O4. The van der Waals surface area contributed by atoms with E-state index in [9.17, 15) is 9.59 Å². The first-order chi connectivity index (χ1) is 13.3. The molecule has 1 aromatic rings. The summed E-state index contributed by atoms with van der Waals surface area (Å²) in [6.07, 6.45) is 2.84. The van der Waals surface area contributed by atoms with Crippen molar-refractivity contribution < 1.29 is 19.1 Å². The molecule has 1 aromatic carbocycles. The second-order valence-electron chi connectivity index (χ2n) is 7.76. The van der Waals surface area contributed by atoms with Crippen LogP contribution in [0.15, 0.2) is 12.1 Å². The second-order valence-corrected chi connectivity index (χ2v) is 8.14. The fraction of sp³-hybridized carbons (Fsp3) is 0.600. The van der Waals surface area contributed by atoms with Crippen molar-refractivity contribution in [1.82, 2.24) is 15.5 Å². The number of halogens is 1. The van der Waals surface area contributed by atoms with Crippen molar-refractivity contribution in [1.29, 1.82) is 0 Å². The summed E-state index contributed by atoms with van der Waals surface area (Å²) >= 11 is 6.26. The molecule has 3 amide bonds. The van der Waals surface area contributed by atoms with Crippen molar-refractivity contribution in [2.75, 3.05) is 33.9 Å². The Morgan fingerprint density at radius 2 is 1.86 bits per heavy atom. The van der Waals surface area contributed by atoms with Crippen LogP contribution >= 0.6 is 11.6 Å². The van der Waals surface area contributed by atoms with Crippen molar-refractivity contribution in [2.45, 2.75) is 44.1 Å². The molecule has 0 bridgehead atoms. The Balaban J connectivity index is 1.55. The smallest absolute Gasteiger partial charge is 0.315 e. The molecule has 2 aliphatic heterocycles. The van der Waals surface area contributed by atoms with Crippen LogP contribution in [0.25, 0.3) is 0 Å². The van der Waals surface area contributed by atoms with E-state index in [1.54, 1.807) is 14.2 Å². The molecule has 1 unspecified atom stereocenters. The monoisotopic (exact) mass is 409 g/mol. The van der Waals surface area contributed by atoms with Crippen LogP contribution < -0.4 is 20.1 Å². The van der Waals surface area contributed by atoms with Crippen molar-refractivity contribution in [2.24, 2.45) is 0 Å². The van der Waals surface area contributed by atoms with Crippen LogP contribution in [0.5, 0.6) is 11.5 Å². The lowest BCUT2D eigenvalue weighted by atomic mass is 9.88. The molecule has 2 fully saturated rings. The lowest BCUT2D eigenvalue weighted by Crippen LogP contribution is -2.43. The molecule has 8 heteroatoms. The predicted molar refractivity (Wildman–Crippen MR) is 107 cm³/mol. The number of hydrogen-bond acceptors (Lipinski definition) is 4. The van der Waals surface area contributed by atoms with E-state index >= 15 is 0 Å². The average molecular weight is 410 g/mol. The van der Waals surface area contributed by atoms with Gasteiger partial charge < -0.3 is 25.0 Å². The van der Waals surface area contributed by atoms with Crippen LogP contribution in [0.2, 0.25) is 5.02 Å². The van der Waals surface area contributed by atoms with Crippen LogP contribution in [0.1, 0.15) is 44.1 Å². The van der Waals surface area contributed by atoms with E-state index < -0.39 is 0 Å². The predicted octanol–water partition coefficient (Wildman–Crippen LogP) is 2.91. The zero-order chi connectivity index (χ0) is 20.3. The minimum atomic E-state index is -0.346. The maximum absolute atomic E-state index is 12.6. The quantitative estimate of drug-likeness (QED) is 0.757. The maximum Gasteiger partial charge on any atom is 0.315 e. The molecule has 28 heavy (non-hydrogen) atoms. The summed E-state index contributed by atoms with van der Waals surface area (Å²) in [5.41, 5.74) is 0.777. The maximum atomic E-state index is 12.6. The molecule has 2 saturated heterocycles. The summed E-state index contributed by atoms with van der Waals surface area (Å²) in [5, 5.41) is 6.12. The molecule has 2 aliphatic rings. The molecule has 0 radical (unpaired) electrons. The Morgan fingerprint density at radius 1 is 1.25 bits per heavy atom. The number of piperidine rings is 1. The molecule has 2 heterocycles. The number of carbonyl (C=O) groups is 2. The third-order valence-corrected chi connectivity index (χ3v) is 6.10. The highest BCUT2D eigenvalue weighted by Gasteiger charge is 2.34. The normalized spacial score (nSPS) is 22.6. The highest BCUT2D eigenvalue weighted by atomic mass is 35.5. The minimum absolute atomic E-state index is 0.145. The zero-order valence-electron chi connectivity index (χ0n) is 16.6. The topological polar surface area (TPSA) is 79.9 Å². The summed E-state index contributed by atoms with van der Waals surface area (Å²) in [7, 11) is 3.18. The summed E-state index contributed by atoms with van der Waals surface area (Å²) < 4.78 is 10.7. The number of likely N-dealkylation sites (tertiary alicyclic amines) is 1. The van der Waals surface area contributed by atoms with Gasteiger partial charge in [0.25, 0.3) is 0 Å². The number of carbonyl (C=O) groups excluding carboxylic acids is 2. The number of methoxy groups -OCH3 is 2. The van der Waals surface area contributed by atoms with Gasteiger partial charge in [-0.2, -0.15) is 0 Å². The van der Waals surface area contributed by atoms with Gasteiger partial charge in [0, 0.05) is 26.1 Å². The molecular weight excluding hydrogens is 382 g/mol. The summed E-state index contributed by atoms with van der Waals surface area (Å²) in [6.45, 7) is 3.96. The third-order valence-electron chi connectivity index (χ3n) is 5.73. The van der Waals surface area contributed by atoms with E-state index in [2.05, 4.69) is 10.6 Å². The number of nitrogens with one attached hydrogen (secondary N) is 2. The van der Waals surface area contributed by atoms with Crippen LogP contribution in [0.3, 0.4) is 0 Å². The Morgan fingerprint density at radius 3 is 2.36 bits per heavy atom. The van der Waals surface area contributed by atoms with E-state index in [1.165, 1.54) is 0 Å². The first-order valence-corrected chi connectivity index (χ1v) is 9.98. The van der Waals surface area contributed by atoms with Gasteiger partial charge in [-0.1, -0.05) is 11.6 Å². The fourth-order valence-electron chi connectivity index (χ4n) is 3.92. The SMILES string of the molecule is COc1cc(C2CCN(C(=O)CCC3(C)CNC(=O)N3)CC2)cc(OC)c1Cl. The van der Waals surface area contributed by atoms with Crippen molar-refractivity contribution in [3.8, 4) is 11.5 Å². The number of rotatable bonds is 6. The second kappa shape index (κ2) is 8.47. The van der Waals surface area contributed by atoms with E-state index in [0.29, 0.717) is 41.8 Å². The average Bonchev–Trinajstić information content (AvgIpc) is 3.05. The van der Waals surface area contributed by atoms with Crippen LogP contribution in [-0.4, -0.2) is 56.2 Å². The van der Waals surface area contributed by atoms with Gasteiger partial charge in [-0.05, 0) is 49.8 Å². The van der Waals surface area contributed by atoms with Gasteiger partial charge in [0.1, 0.15) is 16.5 Å². The van der Waals surface area contributed by atoms with E-state index in [0.717, 1.165) is 31.5 Å². The molecule has 0 aromatic heterocycles. The molecule has 1 atom stereocenters. The lowest BCUT2D eigenvalue weighted by Gasteiger charge is -2.33. The van der Waals surface area contributed by atoms with Gasteiger partial charge in [0.05, 0.1) is 19.8 Å². The van der Waals surface area contributed by atoms with Crippen molar-refractivity contribution >= 4 is 23.5 Å². The summed E-state index contributed by atoms with van der Waals surface area (Å²) in [6, 6.07) is 3.76. The van der Waals surface area contributed by atoms with Crippen LogP contribution in [0, 0.1) is 0 Å². The lowest BCUT2D eigenvalue weighted by molar-refractivity contribution is -0.132. The van der Waals surface area contributed by atoms with Crippen molar-refractivity contribution in [3.63, 3.8) is 0 Å². The van der Waals surface area contributed by atoms with Crippen LogP contribution in [-0.2, 0) is 4.79 Å². The minimum Gasteiger partial charge on any atom is -0.495 e. The zero-order valence-corrected chi connectivity index (χ0v) is 17.4. The van der Waals surface area contributed by atoms with E-state index in [-0.39, 0.29) is 17.5 Å². The van der Waals surface area contributed by atoms with Crippen molar-refractivity contribution in [3.05, 3.63) is 22.7 Å². The Hall–Kier alpha value is -2.15. The molecule has 0 spiro atoms. The first-order valence-electron chi connectivity index (χ1n) is 9.60. The molecule has 7 nitrogen and oxygen atoms in total. The Labute approximate surface area is 170 Å². The third kappa shape index (κ3) is 4.46. The summed E-state index contributed by atoms with van der Waals surface area (Å²) in [5.74, 6) is 1.69. The number of ether oxygens (including phenoxy) is 2. The number of nitrogens with zero attached hydrogens (tertiary/aromatic N) is 1. The van der Waals surface area contributed by atoms with Gasteiger partial charge in [0.15, 0.2) is 0 Å². The molecule has 2 N–H and O–H groups in total. The molecule has 154 valence electrons. The number of urea groups is 1. The van der Waals surface area contributed by atoms with E-state index in [4.69, 9.17) is 21.1 Å². The largest absolute Gasteiger partial charge is 0.495 e. The number of amides is 3. The molecule has 3 rings (SSSR count). The Kier molecular flexibility index (Phi) is 6.23. The Bertz CT molecular complexity index is 724. The number of hydrogen-bond donors (Lipinski definition) is 2. The molecule has 0 aliphatic carbocycles. The van der Waals surface area contributed by atoms with Gasteiger partial charge >= 0.3 is 6.03 Å². The standard InChI is InChI=1S/C20H28ClN3O4/c1-20(12-22-19(26)23-20)7-4-17(25)24-8-5-13(6-9-24)14-10-15(27-2)18(21)16(11-14)28-3/h10-11,13H,4-9,12H2,1-3H3,(H2,22,23,26).